The largest absolute Gasteiger partial charge is 0.507 e. The second-order valence-corrected chi connectivity index (χ2v) is 8.02. The molecule has 0 aromatic heterocycles. The van der Waals surface area contributed by atoms with Gasteiger partial charge in [-0.05, 0) is 44.8 Å². The normalized spacial score (nSPS) is 18.7. The molecule has 1 heterocycles. The SMILES string of the molecule is CN(C)CCCN1C(=O)C(=O)C(=C(O)c2ccccc2)[C@@H]1c1ccc(Cl)cc1Cl. The number of carbonyl (C=O) groups is 2. The molecule has 0 unspecified atom stereocenters. The number of amides is 1. The van der Waals surface area contributed by atoms with Crippen molar-refractivity contribution in [2.45, 2.75) is 12.5 Å². The Labute approximate surface area is 180 Å². The number of hydrogen-bond donors (Lipinski definition) is 1. The number of hydrogen-bond acceptors (Lipinski definition) is 4. The molecule has 3 rings (SSSR count). The lowest BCUT2D eigenvalue weighted by molar-refractivity contribution is -0.139. The van der Waals surface area contributed by atoms with Gasteiger partial charge in [-0.25, -0.2) is 0 Å². The Morgan fingerprint density at radius 2 is 1.79 bits per heavy atom. The summed E-state index contributed by atoms with van der Waals surface area (Å²) in [6.45, 7) is 1.11. The number of halogens is 2. The Bertz CT molecular complexity index is 958. The first-order chi connectivity index (χ1) is 13.8. The number of aliphatic hydroxyl groups excluding tert-OH is 1. The number of benzene rings is 2. The van der Waals surface area contributed by atoms with Crippen LogP contribution in [0.3, 0.4) is 0 Å². The number of ketones is 1. The lowest BCUT2D eigenvalue weighted by Crippen LogP contribution is -2.32. The van der Waals surface area contributed by atoms with Crippen LogP contribution in [-0.4, -0.2) is 53.8 Å². The van der Waals surface area contributed by atoms with Crippen LogP contribution in [0.4, 0.5) is 0 Å². The number of aliphatic hydroxyl groups is 1. The Kier molecular flexibility index (Phi) is 6.63. The molecule has 1 aliphatic heterocycles. The van der Waals surface area contributed by atoms with Gasteiger partial charge in [-0.2, -0.15) is 0 Å². The molecular formula is C22H22Cl2N2O3. The molecule has 2 aromatic rings. The van der Waals surface area contributed by atoms with E-state index in [9.17, 15) is 14.7 Å². The van der Waals surface area contributed by atoms with Gasteiger partial charge in [0, 0.05) is 22.2 Å². The van der Waals surface area contributed by atoms with Gasteiger partial charge in [0.1, 0.15) is 5.76 Å². The fourth-order valence-corrected chi connectivity index (χ4v) is 3.98. The minimum atomic E-state index is -0.776. The molecule has 1 saturated heterocycles. The van der Waals surface area contributed by atoms with E-state index in [1.807, 2.05) is 25.1 Å². The van der Waals surface area contributed by atoms with Crippen molar-refractivity contribution in [3.8, 4) is 0 Å². The highest BCUT2D eigenvalue weighted by atomic mass is 35.5. The number of carbonyl (C=O) groups excluding carboxylic acids is 2. The van der Waals surface area contributed by atoms with Gasteiger partial charge < -0.3 is 14.9 Å². The molecule has 1 aliphatic rings. The van der Waals surface area contributed by atoms with E-state index < -0.39 is 17.7 Å². The molecule has 0 bridgehead atoms. The molecule has 152 valence electrons. The predicted octanol–water partition coefficient (Wildman–Crippen LogP) is 4.37. The molecule has 0 saturated carbocycles. The fourth-order valence-electron chi connectivity index (χ4n) is 3.47. The van der Waals surface area contributed by atoms with Crippen molar-refractivity contribution >= 4 is 40.7 Å². The van der Waals surface area contributed by atoms with E-state index in [1.165, 1.54) is 4.90 Å². The van der Waals surface area contributed by atoms with E-state index in [4.69, 9.17) is 23.2 Å². The number of likely N-dealkylation sites (tertiary alicyclic amines) is 1. The topological polar surface area (TPSA) is 60.9 Å². The van der Waals surface area contributed by atoms with Crippen LogP contribution < -0.4 is 0 Å². The third kappa shape index (κ3) is 4.47. The van der Waals surface area contributed by atoms with Gasteiger partial charge in [-0.1, -0.05) is 59.6 Å². The van der Waals surface area contributed by atoms with E-state index in [-0.39, 0.29) is 11.3 Å². The maximum Gasteiger partial charge on any atom is 0.295 e. The van der Waals surface area contributed by atoms with E-state index in [1.54, 1.807) is 42.5 Å². The average molecular weight is 433 g/mol. The average Bonchev–Trinajstić information content (AvgIpc) is 2.93. The molecule has 1 N–H and O–H groups in total. The molecule has 5 nitrogen and oxygen atoms in total. The van der Waals surface area contributed by atoms with Gasteiger partial charge in [0.05, 0.1) is 11.6 Å². The summed E-state index contributed by atoms with van der Waals surface area (Å²) in [5, 5.41) is 11.7. The van der Waals surface area contributed by atoms with Crippen LogP contribution in [0, 0.1) is 0 Å². The smallest absolute Gasteiger partial charge is 0.295 e. The van der Waals surface area contributed by atoms with Gasteiger partial charge in [-0.15, -0.1) is 0 Å². The zero-order valence-electron chi connectivity index (χ0n) is 16.2. The van der Waals surface area contributed by atoms with Crippen molar-refractivity contribution in [1.29, 1.82) is 0 Å². The Morgan fingerprint density at radius 3 is 2.41 bits per heavy atom. The zero-order valence-corrected chi connectivity index (χ0v) is 17.7. The van der Waals surface area contributed by atoms with Crippen LogP contribution in [-0.2, 0) is 9.59 Å². The molecule has 2 aromatic carbocycles. The number of Topliss-reactive ketones (excluding diaryl/α,β-unsaturated/α-hetero) is 1. The minimum Gasteiger partial charge on any atom is -0.507 e. The van der Waals surface area contributed by atoms with Crippen molar-refractivity contribution in [1.82, 2.24) is 9.80 Å². The van der Waals surface area contributed by atoms with Gasteiger partial charge in [0.25, 0.3) is 11.7 Å². The number of rotatable bonds is 6. The van der Waals surface area contributed by atoms with Crippen LogP contribution in [0.2, 0.25) is 10.0 Å². The van der Waals surface area contributed by atoms with Crippen molar-refractivity contribution in [2.24, 2.45) is 0 Å². The van der Waals surface area contributed by atoms with E-state index in [0.29, 0.717) is 34.1 Å². The molecular weight excluding hydrogens is 411 g/mol. The first kappa shape index (κ1) is 21.4. The van der Waals surface area contributed by atoms with Crippen LogP contribution in [0.15, 0.2) is 54.1 Å². The second-order valence-electron chi connectivity index (χ2n) is 7.18. The lowest BCUT2D eigenvalue weighted by Gasteiger charge is -2.26. The van der Waals surface area contributed by atoms with Crippen molar-refractivity contribution in [2.75, 3.05) is 27.2 Å². The highest BCUT2D eigenvalue weighted by Gasteiger charge is 2.46. The highest BCUT2D eigenvalue weighted by Crippen LogP contribution is 2.42. The maximum atomic E-state index is 12.9. The summed E-state index contributed by atoms with van der Waals surface area (Å²) in [5.41, 5.74) is 1.06. The summed E-state index contributed by atoms with van der Waals surface area (Å²) < 4.78 is 0. The summed E-state index contributed by atoms with van der Waals surface area (Å²) in [6.07, 6.45) is 0.674. The number of nitrogens with zero attached hydrogens (tertiary/aromatic N) is 2. The molecule has 0 aliphatic carbocycles. The van der Waals surface area contributed by atoms with Crippen molar-refractivity contribution in [3.63, 3.8) is 0 Å². The maximum absolute atomic E-state index is 12.9. The van der Waals surface area contributed by atoms with E-state index in [2.05, 4.69) is 0 Å². The van der Waals surface area contributed by atoms with Gasteiger partial charge in [0.2, 0.25) is 0 Å². The summed E-state index contributed by atoms with van der Waals surface area (Å²) in [7, 11) is 3.88. The highest BCUT2D eigenvalue weighted by molar-refractivity contribution is 6.47. The van der Waals surface area contributed by atoms with Crippen LogP contribution in [0.1, 0.15) is 23.6 Å². The summed E-state index contributed by atoms with van der Waals surface area (Å²) >= 11 is 12.5. The standard InChI is InChI=1S/C22H22Cl2N2O3/c1-25(2)11-6-12-26-19(16-10-9-15(23)13-17(16)24)18(21(28)22(26)29)20(27)14-7-4-3-5-8-14/h3-5,7-10,13,19,27H,6,11-12H2,1-2H3/t19-/m0/s1. The Balaban J connectivity index is 2.12. The fraction of sp³-hybridized carbons (Fsp3) is 0.273. The zero-order chi connectivity index (χ0) is 21.1. The molecule has 7 heteroatoms. The van der Waals surface area contributed by atoms with E-state index >= 15 is 0 Å². The van der Waals surface area contributed by atoms with Crippen LogP contribution in [0.5, 0.6) is 0 Å². The summed E-state index contributed by atoms with van der Waals surface area (Å²) in [6, 6.07) is 12.8. The van der Waals surface area contributed by atoms with Crippen LogP contribution in [0.25, 0.3) is 5.76 Å². The predicted molar refractivity (Wildman–Crippen MR) is 115 cm³/mol. The second kappa shape index (κ2) is 8.99. The van der Waals surface area contributed by atoms with Crippen molar-refractivity contribution < 1.29 is 14.7 Å². The Morgan fingerprint density at radius 1 is 1.10 bits per heavy atom. The quantitative estimate of drug-likeness (QED) is 0.418. The first-order valence-corrected chi connectivity index (χ1v) is 10.0. The molecule has 1 atom stereocenters. The molecule has 29 heavy (non-hydrogen) atoms. The molecule has 0 radical (unpaired) electrons. The van der Waals surface area contributed by atoms with Gasteiger partial charge in [-0.3, -0.25) is 9.59 Å². The van der Waals surface area contributed by atoms with E-state index in [0.717, 1.165) is 6.54 Å². The Hall–Kier alpha value is -2.34. The van der Waals surface area contributed by atoms with Crippen molar-refractivity contribution in [3.05, 3.63) is 75.3 Å². The first-order valence-electron chi connectivity index (χ1n) is 9.24. The van der Waals surface area contributed by atoms with Gasteiger partial charge >= 0.3 is 0 Å². The van der Waals surface area contributed by atoms with Crippen LogP contribution >= 0.6 is 23.2 Å². The monoisotopic (exact) mass is 432 g/mol. The third-order valence-electron chi connectivity index (χ3n) is 4.85. The molecule has 1 fully saturated rings. The molecule has 0 spiro atoms. The molecule has 1 amide bonds. The minimum absolute atomic E-state index is 0.0373. The lowest BCUT2D eigenvalue weighted by atomic mass is 9.95. The van der Waals surface area contributed by atoms with Gasteiger partial charge in [0.15, 0.2) is 0 Å². The third-order valence-corrected chi connectivity index (χ3v) is 5.41. The summed E-state index contributed by atoms with van der Waals surface area (Å²) in [5.74, 6) is -1.57. The summed E-state index contributed by atoms with van der Waals surface area (Å²) in [4.78, 5) is 29.2.